The first-order valence-corrected chi connectivity index (χ1v) is 7.34. The molecule has 0 aliphatic heterocycles. The fourth-order valence-electron chi connectivity index (χ4n) is 5.79. The Morgan fingerprint density at radius 1 is 1.24 bits per heavy atom. The molecule has 4 rings (SSSR count). The average Bonchev–Trinajstić information content (AvgIpc) is 2.11. The molecule has 0 radical (unpaired) electrons. The van der Waals surface area contributed by atoms with Gasteiger partial charge in [0.25, 0.3) is 0 Å². The van der Waals surface area contributed by atoms with Crippen LogP contribution in [-0.2, 0) is 4.79 Å². The lowest BCUT2D eigenvalue weighted by atomic mass is 9.46. The quantitative estimate of drug-likeness (QED) is 0.799. The molecule has 0 spiro atoms. The van der Waals surface area contributed by atoms with E-state index in [0.717, 1.165) is 11.8 Å². The summed E-state index contributed by atoms with van der Waals surface area (Å²) in [5.74, 6) is 1.97. The Balaban J connectivity index is 1.86. The van der Waals surface area contributed by atoms with E-state index in [0.29, 0.717) is 5.41 Å². The fraction of sp³-hybridized carbons (Fsp3) is 0.933. The molecule has 0 aromatic heterocycles. The van der Waals surface area contributed by atoms with E-state index in [4.69, 9.17) is 0 Å². The lowest BCUT2D eigenvalue weighted by Crippen LogP contribution is -2.62. The van der Waals surface area contributed by atoms with Crippen molar-refractivity contribution in [3.63, 3.8) is 0 Å². The van der Waals surface area contributed by atoms with Crippen molar-refractivity contribution in [2.75, 3.05) is 0 Å². The minimum absolute atomic E-state index is 0.179. The van der Waals surface area contributed by atoms with E-state index in [1.165, 1.54) is 51.4 Å². The lowest BCUT2D eigenvalue weighted by Gasteiger charge is -2.62. The molecule has 4 aliphatic rings. The Labute approximate surface area is 105 Å². The predicted octanol–water partition coefficient (Wildman–Crippen LogP) is 3.26. The van der Waals surface area contributed by atoms with Gasteiger partial charge in [0, 0.05) is 12.5 Å². The topological polar surface area (TPSA) is 29.1 Å². The molecular weight excluding hydrogens is 210 g/mol. The van der Waals surface area contributed by atoms with E-state index in [9.17, 15) is 4.79 Å². The molecule has 4 bridgehead atoms. The second-order valence-electron chi connectivity index (χ2n) is 7.17. The highest BCUT2D eigenvalue weighted by molar-refractivity contribution is 5.74. The molecule has 0 heterocycles. The monoisotopic (exact) mass is 235 g/mol. The van der Waals surface area contributed by atoms with Crippen molar-refractivity contribution in [1.82, 2.24) is 5.32 Å². The fourth-order valence-corrected chi connectivity index (χ4v) is 5.79. The Morgan fingerprint density at radius 3 is 2.41 bits per heavy atom. The lowest BCUT2D eigenvalue weighted by molar-refractivity contribution is -0.129. The van der Waals surface area contributed by atoms with Gasteiger partial charge in [-0.15, -0.1) is 0 Å². The second-order valence-corrected chi connectivity index (χ2v) is 7.17. The van der Waals surface area contributed by atoms with Crippen molar-refractivity contribution in [2.24, 2.45) is 17.3 Å². The molecule has 0 aromatic carbocycles. The number of hydrogen-bond donors (Lipinski definition) is 1. The molecule has 17 heavy (non-hydrogen) atoms. The molecule has 4 atom stereocenters. The van der Waals surface area contributed by atoms with Gasteiger partial charge in [-0.3, -0.25) is 4.79 Å². The molecule has 1 N–H and O–H groups in total. The zero-order chi connectivity index (χ0) is 12.1. The van der Waals surface area contributed by atoms with Crippen LogP contribution in [0.25, 0.3) is 0 Å². The second kappa shape index (κ2) is 3.73. The third-order valence-electron chi connectivity index (χ3n) is 5.40. The van der Waals surface area contributed by atoms with E-state index in [1.54, 1.807) is 6.92 Å². The van der Waals surface area contributed by atoms with E-state index in [-0.39, 0.29) is 11.4 Å². The molecule has 4 saturated carbocycles. The summed E-state index contributed by atoms with van der Waals surface area (Å²) >= 11 is 0. The third-order valence-corrected chi connectivity index (χ3v) is 5.40. The third kappa shape index (κ3) is 1.90. The molecule has 96 valence electrons. The number of hydrogen-bond acceptors (Lipinski definition) is 1. The van der Waals surface area contributed by atoms with Crippen molar-refractivity contribution >= 4 is 5.91 Å². The van der Waals surface area contributed by atoms with Crippen LogP contribution in [-0.4, -0.2) is 11.4 Å². The standard InChI is InChI=1S/C15H25NO/c1-3-4-14-6-12-5-13(7-14)9-15(8-12,10-14)16-11(2)17/h12-13H,3-10H2,1-2H3,(H,16,17)/t12-,13+,14?,15?. The van der Waals surface area contributed by atoms with E-state index >= 15 is 0 Å². The first kappa shape index (κ1) is 11.6. The average molecular weight is 235 g/mol. The van der Waals surface area contributed by atoms with Crippen LogP contribution in [0, 0.1) is 17.3 Å². The van der Waals surface area contributed by atoms with Crippen LogP contribution in [0.15, 0.2) is 0 Å². The van der Waals surface area contributed by atoms with Crippen molar-refractivity contribution in [3.8, 4) is 0 Å². The summed E-state index contributed by atoms with van der Waals surface area (Å²) in [7, 11) is 0. The van der Waals surface area contributed by atoms with Gasteiger partial charge in [-0.05, 0) is 62.2 Å². The summed E-state index contributed by atoms with van der Waals surface area (Å²) in [6, 6.07) is 0. The van der Waals surface area contributed by atoms with Crippen molar-refractivity contribution in [2.45, 2.75) is 70.8 Å². The predicted molar refractivity (Wildman–Crippen MR) is 68.6 cm³/mol. The number of amides is 1. The van der Waals surface area contributed by atoms with Gasteiger partial charge in [-0.25, -0.2) is 0 Å². The molecule has 4 fully saturated rings. The minimum atomic E-state index is 0.179. The van der Waals surface area contributed by atoms with Crippen LogP contribution in [0.4, 0.5) is 0 Å². The summed E-state index contributed by atoms with van der Waals surface area (Å²) in [6.45, 7) is 3.99. The van der Waals surface area contributed by atoms with E-state index in [1.807, 2.05) is 0 Å². The van der Waals surface area contributed by atoms with Gasteiger partial charge >= 0.3 is 0 Å². The zero-order valence-corrected chi connectivity index (χ0v) is 11.2. The van der Waals surface area contributed by atoms with Gasteiger partial charge in [0.1, 0.15) is 0 Å². The van der Waals surface area contributed by atoms with Crippen molar-refractivity contribution < 1.29 is 4.79 Å². The SMILES string of the molecule is CCCC12C[C@H]3C[C@@H](C1)CC(NC(C)=O)(C3)C2. The first-order valence-electron chi connectivity index (χ1n) is 7.34. The summed E-state index contributed by atoms with van der Waals surface area (Å²) < 4.78 is 0. The van der Waals surface area contributed by atoms with Crippen LogP contribution in [0.1, 0.15) is 65.2 Å². The molecule has 2 heteroatoms. The van der Waals surface area contributed by atoms with Gasteiger partial charge in [-0.1, -0.05) is 13.3 Å². The number of carbonyl (C=O) groups is 1. The Morgan fingerprint density at radius 2 is 1.88 bits per heavy atom. The molecule has 2 unspecified atom stereocenters. The normalized spacial score (nSPS) is 47.2. The maximum Gasteiger partial charge on any atom is 0.217 e. The highest BCUT2D eigenvalue weighted by Gasteiger charge is 2.57. The molecule has 4 aliphatic carbocycles. The molecule has 0 saturated heterocycles. The van der Waals surface area contributed by atoms with Crippen molar-refractivity contribution in [3.05, 3.63) is 0 Å². The molecule has 1 amide bonds. The van der Waals surface area contributed by atoms with Crippen LogP contribution in [0.2, 0.25) is 0 Å². The van der Waals surface area contributed by atoms with Gasteiger partial charge in [0.05, 0.1) is 0 Å². The largest absolute Gasteiger partial charge is 0.351 e. The maximum absolute atomic E-state index is 11.5. The van der Waals surface area contributed by atoms with Crippen LogP contribution < -0.4 is 5.32 Å². The number of carbonyl (C=O) groups excluding carboxylic acids is 1. The molecule has 2 nitrogen and oxygen atoms in total. The van der Waals surface area contributed by atoms with Crippen LogP contribution in [0.5, 0.6) is 0 Å². The maximum atomic E-state index is 11.5. The van der Waals surface area contributed by atoms with E-state index in [2.05, 4.69) is 12.2 Å². The summed E-state index contributed by atoms with van der Waals surface area (Å²) in [5, 5.41) is 3.33. The summed E-state index contributed by atoms with van der Waals surface area (Å²) in [6.07, 6.45) is 10.8. The minimum Gasteiger partial charge on any atom is -0.351 e. The van der Waals surface area contributed by atoms with Gasteiger partial charge < -0.3 is 5.32 Å². The zero-order valence-electron chi connectivity index (χ0n) is 11.2. The summed E-state index contributed by atoms with van der Waals surface area (Å²) in [4.78, 5) is 11.5. The highest BCUT2D eigenvalue weighted by Crippen LogP contribution is 2.63. The Hall–Kier alpha value is -0.530. The van der Waals surface area contributed by atoms with Crippen LogP contribution in [0.3, 0.4) is 0 Å². The number of nitrogens with one attached hydrogen (secondary N) is 1. The first-order chi connectivity index (χ1) is 8.05. The van der Waals surface area contributed by atoms with Gasteiger partial charge in [-0.2, -0.15) is 0 Å². The van der Waals surface area contributed by atoms with E-state index < -0.39 is 0 Å². The number of rotatable bonds is 3. The van der Waals surface area contributed by atoms with Crippen LogP contribution >= 0.6 is 0 Å². The Kier molecular flexibility index (Phi) is 2.53. The van der Waals surface area contributed by atoms with Crippen molar-refractivity contribution in [1.29, 1.82) is 0 Å². The summed E-state index contributed by atoms with van der Waals surface area (Å²) in [5.41, 5.74) is 0.770. The molecular formula is C15H25NO. The highest BCUT2D eigenvalue weighted by atomic mass is 16.1. The molecule has 0 aromatic rings. The van der Waals surface area contributed by atoms with Gasteiger partial charge in [0.2, 0.25) is 5.91 Å². The Bertz CT molecular complexity index is 322. The van der Waals surface area contributed by atoms with Gasteiger partial charge in [0.15, 0.2) is 0 Å². The smallest absolute Gasteiger partial charge is 0.217 e.